The van der Waals surface area contributed by atoms with Gasteiger partial charge < -0.3 is 0 Å². The van der Waals surface area contributed by atoms with E-state index in [1.807, 2.05) is 48.8 Å². The van der Waals surface area contributed by atoms with E-state index in [2.05, 4.69) is 96.9 Å². The molecule has 3 aromatic carbocycles. The van der Waals surface area contributed by atoms with Crippen molar-refractivity contribution in [2.45, 2.75) is 34.6 Å². The van der Waals surface area contributed by atoms with Crippen molar-refractivity contribution in [3.63, 3.8) is 0 Å². The molecule has 4 nitrogen and oxygen atoms in total. The van der Waals surface area contributed by atoms with Gasteiger partial charge in [-0.1, -0.05) is 28.1 Å². The first-order valence-electron chi connectivity index (χ1n) is 13.2. The number of hydrogen-bond donors (Lipinski definition) is 0. The Morgan fingerprint density at radius 2 is 0.891 bits per heavy atom. The van der Waals surface area contributed by atoms with Gasteiger partial charge in [0.2, 0.25) is 0 Å². The maximum absolute atomic E-state index is 4.77. The summed E-state index contributed by atoms with van der Waals surface area (Å²) in [6.07, 6.45) is 7.21. The van der Waals surface area contributed by atoms with Crippen molar-refractivity contribution >= 4 is 89.4 Å². The smallest absolute Gasteiger partial charge is 0.0812 e. The van der Waals surface area contributed by atoms with Crippen LogP contribution in [0.15, 0.2) is 99.6 Å². The van der Waals surface area contributed by atoms with Gasteiger partial charge in [-0.3, -0.25) is 20.0 Å². The van der Waals surface area contributed by atoms with Gasteiger partial charge in [-0.25, -0.2) is 0 Å². The number of aliphatic imine (C=N–C) groups is 2. The van der Waals surface area contributed by atoms with Crippen LogP contribution in [0.4, 0.5) is 11.4 Å². The molecule has 0 saturated heterocycles. The number of rotatable bonds is 6. The van der Waals surface area contributed by atoms with E-state index in [4.69, 9.17) is 9.98 Å². The minimum absolute atomic E-state index is 0. The minimum Gasteiger partial charge on any atom is -0.255 e. The Kier molecular flexibility index (Phi) is 21.5. The summed E-state index contributed by atoms with van der Waals surface area (Å²) in [7, 11) is 0. The zero-order valence-corrected chi connectivity index (χ0v) is 33.6. The molecule has 11 heteroatoms. The van der Waals surface area contributed by atoms with Gasteiger partial charge in [0.05, 0.1) is 35.2 Å². The van der Waals surface area contributed by atoms with E-state index in [1.54, 1.807) is 12.4 Å². The second kappa shape index (κ2) is 21.3. The minimum atomic E-state index is 0. The molecule has 0 aliphatic carbocycles. The molecule has 46 heavy (non-hydrogen) atoms. The van der Waals surface area contributed by atoms with Crippen molar-refractivity contribution in [2.75, 3.05) is 0 Å². The van der Waals surface area contributed by atoms with Crippen LogP contribution in [-0.2, 0) is 40.8 Å². The van der Waals surface area contributed by atoms with Crippen LogP contribution in [0.2, 0.25) is 0 Å². The Morgan fingerprint density at radius 3 is 1.20 bits per heavy atom. The topological polar surface area (TPSA) is 50.5 Å². The third-order valence-corrected chi connectivity index (χ3v) is 7.46. The monoisotopic (exact) mass is 942 g/mol. The summed E-state index contributed by atoms with van der Waals surface area (Å²) in [5.41, 5.74) is 14.2. The van der Waals surface area contributed by atoms with Crippen LogP contribution in [0.3, 0.4) is 0 Å². The molecular formula is C35H35BrCl4N4Pd2. The summed E-state index contributed by atoms with van der Waals surface area (Å²) in [5, 5.41) is 0. The largest absolute Gasteiger partial charge is 0.255 e. The van der Waals surface area contributed by atoms with E-state index < -0.39 is 0 Å². The van der Waals surface area contributed by atoms with Gasteiger partial charge >= 0.3 is 0 Å². The number of benzene rings is 3. The van der Waals surface area contributed by atoms with Crippen molar-refractivity contribution in [3.05, 3.63) is 129 Å². The van der Waals surface area contributed by atoms with Gasteiger partial charge in [0, 0.05) is 57.7 Å². The molecule has 0 N–H and O–H groups in total. The van der Waals surface area contributed by atoms with Crippen LogP contribution >= 0.6 is 65.6 Å². The standard InChI is InChI=1S/C35H31BrN4.4ClH.2Pd/c1-22-14-27(15-23(2)34(22)39-20-30-10-6-8-12-37-30)32-18-29(36)19-33(26(32)5)28-16-24(3)35(25(4)17-28)40-21-31-11-7-9-13-38-31;;;;;;/h6-21H,1-5H3;4*1H;;. The molecular weight excluding hydrogens is 911 g/mol. The van der Waals surface area contributed by atoms with Gasteiger partial charge in [0.25, 0.3) is 0 Å². The molecule has 0 aliphatic heterocycles. The fourth-order valence-corrected chi connectivity index (χ4v) is 5.53. The normalized spacial score (nSPS) is 10.0. The molecule has 5 rings (SSSR count). The van der Waals surface area contributed by atoms with Gasteiger partial charge in [0.1, 0.15) is 0 Å². The van der Waals surface area contributed by atoms with Crippen LogP contribution in [0.5, 0.6) is 0 Å². The number of aryl methyl sites for hydroxylation is 4. The van der Waals surface area contributed by atoms with Crippen LogP contribution in [-0.4, -0.2) is 22.4 Å². The molecule has 250 valence electrons. The quantitative estimate of drug-likeness (QED) is 0.126. The van der Waals surface area contributed by atoms with Crippen molar-refractivity contribution in [1.82, 2.24) is 9.97 Å². The van der Waals surface area contributed by atoms with Crippen molar-refractivity contribution < 1.29 is 40.8 Å². The fourth-order valence-electron chi connectivity index (χ4n) is 5.07. The van der Waals surface area contributed by atoms with E-state index in [1.165, 1.54) is 27.8 Å². The zero-order valence-electron chi connectivity index (χ0n) is 25.7. The maximum Gasteiger partial charge on any atom is 0.0812 e. The van der Waals surface area contributed by atoms with E-state index in [9.17, 15) is 0 Å². The second-order valence-electron chi connectivity index (χ2n) is 10.1. The molecule has 0 radical (unpaired) electrons. The Morgan fingerprint density at radius 1 is 0.543 bits per heavy atom. The summed E-state index contributed by atoms with van der Waals surface area (Å²) < 4.78 is 1.04. The third-order valence-electron chi connectivity index (χ3n) is 7.00. The Balaban J connectivity index is 0. The molecule has 2 aromatic heterocycles. The van der Waals surface area contributed by atoms with Crippen LogP contribution in [0.25, 0.3) is 22.3 Å². The first-order valence-corrected chi connectivity index (χ1v) is 14.0. The zero-order chi connectivity index (χ0) is 28.2. The number of hydrogen-bond acceptors (Lipinski definition) is 4. The number of halogens is 5. The summed E-state index contributed by atoms with van der Waals surface area (Å²) in [6.45, 7) is 10.7. The Labute approximate surface area is 332 Å². The molecule has 2 heterocycles. The van der Waals surface area contributed by atoms with Crippen molar-refractivity contribution in [3.8, 4) is 22.3 Å². The SMILES string of the molecule is Cc1cc(-c2cc(Br)cc(-c3cc(C)c(N=Cc4ccccn4)c(C)c3)c2C)cc(C)c1N=Cc1ccccn1.Cl.Cl.Cl.Cl.[Pd].[Pd]. The molecule has 0 amide bonds. The second-order valence-corrected chi connectivity index (χ2v) is 11.0. The Hall–Kier alpha value is -1.74. The van der Waals surface area contributed by atoms with Crippen LogP contribution in [0.1, 0.15) is 39.2 Å². The van der Waals surface area contributed by atoms with E-state index >= 15 is 0 Å². The van der Waals surface area contributed by atoms with Crippen LogP contribution in [0, 0.1) is 34.6 Å². The van der Waals surface area contributed by atoms with Crippen molar-refractivity contribution in [2.24, 2.45) is 9.98 Å². The van der Waals surface area contributed by atoms with Gasteiger partial charge in [0.15, 0.2) is 0 Å². The first kappa shape index (κ1) is 46.4. The van der Waals surface area contributed by atoms with E-state index in [0.717, 1.165) is 49.5 Å². The molecule has 5 aromatic rings. The molecule has 0 unspecified atom stereocenters. The predicted molar refractivity (Wildman–Crippen MR) is 201 cm³/mol. The summed E-state index contributed by atoms with van der Waals surface area (Å²) in [6, 6.07) is 25.0. The van der Waals surface area contributed by atoms with E-state index in [-0.39, 0.29) is 90.5 Å². The molecule has 0 spiro atoms. The van der Waals surface area contributed by atoms with Gasteiger partial charge in [-0.05, 0) is 145 Å². The van der Waals surface area contributed by atoms with Gasteiger partial charge in [-0.15, -0.1) is 49.6 Å². The average molecular weight is 946 g/mol. The predicted octanol–water partition coefficient (Wildman–Crippen LogP) is 11.3. The average Bonchev–Trinajstić information content (AvgIpc) is 2.94. The maximum atomic E-state index is 4.77. The summed E-state index contributed by atoms with van der Waals surface area (Å²) >= 11 is 3.79. The summed E-state index contributed by atoms with van der Waals surface area (Å²) in [5.74, 6) is 0. The third kappa shape index (κ3) is 11.2. The first-order chi connectivity index (χ1) is 19.3. The number of nitrogens with zero attached hydrogens (tertiary/aromatic N) is 4. The molecule has 0 fully saturated rings. The number of pyridine rings is 2. The summed E-state index contributed by atoms with van der Waals surface area (Å²) in [4.78, 5) is 18.2. The Bertz CT molecular complexity index is 1600. The molecule has 0 aliphatic rings. The van der Waals surface area contributed by atoms with E-state index in [0.29, 0.717) is 0 Å². The number of aromatic nitrogens is 2. The fraction of sp³-hybridized carbons (Fsp3) is 0.143. The van der Waals surface area contributed by atoms with Crippen LogP contribution < -0.4 is 0 Å². The molecule has 0 atom stereocenters. The van der Waals surface area contributed by atoms with Crippen molar-refractivity contribution in [1.29, 1.82) is 0 Å². The molecule has 0 saturated carbocycles. The van der Waals surface area contributed by atoms with Gasteiger partial charge in [-0.2, -0.15) is 0 Å². The molecule has 0 bridgehead atoms.